The molecule has 0 aliphatic carbocycles. The lowest BCUT2D eigenvalue weighted by Gasteiger charge is -2.05. The van der Waals surface area contributed by atoms with E-state index in [1.165, 1.54) is 18.4 Å². The molecular formula is C17H17NO5S. The van der Waals surface area contributed by atoms with Crippen molar-refractivity contribution in [1.29, 1.82) is 0 Å². The van der Waals surface area contributed by atoms with Crippen LogP contribution in [0, 0.1) is 0 Å². The Morgan fingerprint density at radius 2 is 1.88 bits per heavy atom. The molecule has 6 nitrogen and oxygen atoms in total. The van der Waals surface area contributed by atoms with Crippen molar-refractivity contribution in [2.45, 2.75) is 13.3 Å². The molecule has 1 N–H and O–H groups in total. The van der Waals surface area contributed by atoms with E-state index in [1.54, 1.807) is 13.0 Å². The van der Waals surface area contributed by atoms with Gasteiger partial charge in [-0.1, -0.05) is 30.3 Å². The van der Waals surface area contributed by atoms with E-state index in [-0.39, 0.29) is 12.2 Å². The molecule has 7 heteroatoms. The smallest absolute Gasteiger partial charge is 0.340 e. The number of carbonyl (C=O) groups excluding carboxylic acids is 3. The van der Waals surface area contributed by atoms with E-state index in [1.807, 2.05) is 30.3 Å². The molecule has 0 atom stereocenters. The number of ether oxygens (including phenoxy) is 2. The lowest BCUT2D eigenvalue weighted by molar-refractivity contribution is -0.145. The van der Waals surface area contributed by atoms with Crippen LogP contribution in [0.3, 0.4) is 0 Å². The summed E-state index contributed by atoms with van der Waals surface area (Å²) in [4.78, 5) is 36.1. The minimum absolute atomic E-state index is 0.205. The molecule has 0 aliphatic heterocycles. The summed E-state index contributed by atoms with van der Waals surface area (Å²) in [6, 6.07) is 11.1. The molecule has 1 amide bonds. The lowest BCUT2D eigenvalue weighted by atomic mass is 10.1. The van der Waals surface area contributed by atoms with Crippen molar-refractivity contribution < 1.29 is 23.9 Å². The first-order chi connectivity index (χ1) is 11.5. The third kappa shape index (κ3) is 4.42. The van der Waals surface area contributed by atoms with Gasteiger partial charge < -0.3 is 14.8 Å². The number of methoxy groups -OCH3 is 1. The van der Waals surface area contributed by atoms with Gasteiger partial charge in [-0.25, -0.2) is 4.79 Å². The number of hydrogen-bond acceptors (Lipinski definition) is 6. The van der Waals surface area contributed by atoms with E-state index in [0.29, 0.717) is 5.00 Å². The third-order valence-electron chi connectivity index (χ3n) is 3.06. The molecule has 0 unspecified atom stereocenters. The van der Waals surface area contributed by atoms with Crippen LogP contribution in [0.5, 0.6) is 0 Å². The molecule has 0 fully saturated rings. The van der Waals surface area contributed by atoms with Gasteiger partial charge in [0.15, 0.2) is 0 Å². The highest BCUT2D eigenvalue weighted by Crippen LogP contribution is 2.35. The summed E-state index contributed by atoms with van der Waals surface area (Å²) in [6.07, 6.45) is -0.410. The first-order valence-corrected chi connectivity index (χ1v) is 8.09. The van der Waals surface area contributed by atoms with Gasteiger partial charge in [0.1, 0.15) is 11.4 Å². The first-order valence-electron chi connectivity index (χ1n) is 7.28. The number of benzene rings is 1. The van der Waals surface area contributed by atoms with Gasteiger partial charge in [-0.15, -0.1) is 11.3 Å². The number of anilines is 1. The van der Waals surface area contributed by atoms with Gasteiger partial charge in [0, 0.05) is 4.88 Å². The van der Waals surface area contributed by atoms with E-state index in [9.17, 15) is 14.4 Å². The fourth-order valence-corrected chi connectivity index (χ4v) is 3.07. The molecule has 0 radical (unpaired) electrons. The third-order valence-corrected chi connectivity index (χ3v) is 4.16. The summed E-state index contributed by atoms with van der Waals surface area (Å²) in [6.45, 7) is 1.87. The average Bonchev–Trinajstić information content (AvgIpc) is 2.98. The van der Waals surface area contributed by atoms with Gasteiger partial charge >= 0.3 is 11.9 Å². The fraction of sp³-hybridized carbons (Fsp3) is 0.235. The normalized spacial score (nSPS) is 10.1. The highest BCUT2D eigenvalue weighted by Gasteiger charge is 2.20. The Kier molecular flexibility index (Phi) is 6.08. The maximum absolute atomic E-state index is 11.9. The van der Waals surface area contributed by atoms with E-state index in [2.05, 4.69) is 5.32 Å². The van der Waals surface area contributed by atoms with Crippen molar-refractivity contribution in [3.8, 4) is 10.4 Å². The van der Waals surface area contributed by atoms with Gasteiger partial charge in [-0.3, -0.25) is 9.59 Å². The Bertz CT molecular complexity index is 739. The molecular weight excluding hydrogens is 330 g/mol. The van der Waals surface area contributed by atoms with Crippen molar-refractivity contribution in [1.82, 2.24) is 0 Å². The Hall–Kier alpha value is -2.67. The quantitative estimate of drug-likeness (QED) is 0.641. The summed E-state index contributed by atoms with van der Waals surface area (Å²) >= 11 is 1.24. The molecule has 24 heavy (non-hydrogen) atoms. The van der Waals surface area contributed by atoms with E-state index < -0.39 is 24.3 Å². The first kappa shape index (κ1) is 17.7. The zero-order valence-corrected chi connectivity index (χ0v) is 14.1. The molecule has 0 saturated heterocycles. The summed E-state index contributed by atoms with van der Waals surface area (Å²) in [5.74, 6) is -1.71. The van der Waals surface area contributed by atoms with Crippen LogP contribution < -0.4 is 5.32 Å². The predicted octanol–water partition coefficient (Wildman–Crippen LogP) is 3.09. The van der Waals surface area contributed by atoms with Crippen LogP contribution in [0.1, 0.15) is 23.7 Å². The zero-order chi connectivity index (χ0) is 17.5. The van der Waals surface area contributed by atoms with Crippen LogP contribution in [0.25, 0.3) is 10.4 Å². The second-order valence-electron chi connectivity index (χ2n) is 4.74. The molecule has 2 rings (SSSR count). The van der Waals surface area contributed by atoms with E-state index >= 15 is 0 Å². The Balaban J connectivity index is 2.24. The maximum atomic E-state index is 11.9. The largest absolute Gasteiger partial charge is 0.466 e. The van der Waals surface area contributed by atoms with Gasteiger partial charge in [-0.05, 0) is 18.6 Å². The van der Waals surface area contributed by atoms with Gasteiger partial charge in [0.2, 0.25) is 5.91 Å². The fourth-order valence-electron chi connectivity index (χ4n) is 2.00. The van der Waals surface area contributed by atoms with Crippen LogP contribution in [0.4, 0.5) is 5.00 Å². The van der Waals surface area contributed by atoms with Crippen LogP contribution >= 0.6 is 11.3 Å². The summed E-state index contributed by atoms with van der Waals surface area (Å²) in [7, 11) is 1.27. The van der Waals surface area contributed by atoms with Crippen molar-refractivity contribution in [2.75, 3.05) is 19.0 Å². The van der Waals surface area contributed by atoms with Crippen LogP contribution in [0.15, 0.2) is 36.4 Å². The molecule has 0 bridgehead atoms. The molecule has 0 saturated carbocycles. The zero-order valence-electron chi connectivity index (χ0n) is 13.3. The van der Waals surface area contributed by atoms with E-state index in [4.69, 9.17) is 9.47 Å². The second-order valence-corrected chi connectivity index (χ2v) is 5.79. The number of amides is 1. The topological polar surface area (TPSA) is 81.7 Å². The standard InChI is InChI=1S/C17H17NO5S/c1-3-23-15(20)10-14(19)18-16-12(17(21)22-2)9-13(24-16)11-7-5-4-6-8-11/h4-9H,3,10H2,1-2H3,(H,18,19). The van der Waals surface area contributed by atoms with Crippen molar-refractivity contribution in [2.24, 2.45) is 0 Å². The van der Waals surface area contributed by atoms with Crippen molar-refractivity contribution >= 4 is 34.2 Å². The van der Waals surface area contributed by atoms with Crippen molar-refractivity contribution in [3.63, 3.8) is 0 Å². The lowest BCUT2D eigenvalue weighted by Crippen LogP contribution is -2.18. The Morgan fingerprint density at radius 3 is 2.50 bits per heavy atom. The number of rotatable bonds is 6. The number of esters is 2. The molecule has 1 aromatic carbocycles. The molecule has 2 aromatic rings. The Morgan fingerprint density at radius 1 is 1.17 bits per heavy atom. The summed E-state index contributed by atoms with van der Waals surface area (Å²) < 4.78 is 9.49. The average molecular weight is 347 g/mol. The molecule has 1 heterocycles. The Labute approximate surface area is 143 Å². The maximum Gasteiger partial charge on any atom is 0.340 e. The highest BCUT2D eigenvalue weighted by molar-refractivity contribution is 7.20. The molecule has 0 aliphatic rings. The van der Waals surface area contributed by atoms with Gasteiger partial charge in [0.25, 0.3) is 0 Å². The van der Waals surface area contributed by atoms with Crippen LogP contribution in [-0.2, 0) is 19.1 Å². The molecule has 1 aromatic heterocycles. The number of nitrogens with one attached hydrogen (secondary N) is 1. The predicted molar refractivity (Wildman–Crippen MR) is 91.0 cm³/mol. The number of carbonyl (C=O) groups is 3. The van der Waals surface area contributed by atoms with Crippen LogP contribution in [-0.4, -0.2) is 31.6 Å². The van der Waals surface area contributed by atoms with Gasteiger partial charge in [0.05, 0.1) is 19.3 Å². The molecule has 126 valence electrons. The monoisotopic (exact) mass is 347 g/mol. The number of hydrogen-bond donors (Lipinski definition) is 1. The highest BCUT2D eigenvalue weighted by atomic mass is 32.1. The minimum atomic E-state index is -0.616. The number of thiophene rings is 1. The van der Waals surface area contributed by atoms with Crippen molar-refractivity contribution in [3.05, 3.63) is 42.0 Å². The van der Waals surface area contributed by atoms with E-state index in [0.717, 1.165) is 10.4 Å². The summed E-state index contributed by atoms with van der Waals surface area (Å²) in [5.41, 5.74) is 1.16. The SMILES string of the molecule is CCOC(=O)CC(=O)Nc1sc(-c2ccccc2)cc1C(=O)OC. The molecule has 0 spiro atoms. The summed E-state index contributed by atoms with van der Waals surface area (Å²) in [5, 5.41) is 2.93. The van der Waals surface area contributed by atoms with Crippen LogP contribution in [0.2, 0.25) is 0 Å². The second kappa shape index (κ2) is 8.26. The minimum Gasteiger partial charge on any atom is -0.466 e. The van der Waals surface area contributed by atoms with Gasteiger partial charge in [-0.2, -0.15) is 0 Å².